The van der Waals surface area contributed by atoms with Crippen LogP contribution in [0.5, 0.6) is 5.75 Å². The molecule has 0 atom stereocenters. The van der Waals surface area contributed by atoms with E-state index < -0.39 is 5.82 Å². The van der Waals surface area contributed by atoms with Crippen molar-refractivity contribution in [2.45, 2.75) is 6.92 Å². The first-order valence-electron chi connectivity index (χ1n) is 3.76. The van der Waals surface area contributed by atoms with E-state index in [0.29, 0.717) is 23.1 Å². The number of hydrogen-bond donors (Lipinski definition) is 0. The van der Waals surface area contributed by atoms with E-state index in [-0.39, 0.29) is 5.56 Å². The number of rotatable bonds is 3. The number of aldehydes is 1. The number of carbonyl (C=O) groups is 1. The lowest BCUT2D eigenvalue weighted by molar-refractivity contribution is 0.111. The van der Waals surface area contributed by atoms with Crippen LogP contribution in [0, 0.1) is 5.82 Å². The molecule has 0 unspecified atom stereocenters. The van der Waals surface area contributed by atoms with Gasteiger partial charge in [-0.1, -0.05) is 0 Å². The lowest BCUT2D eigenvalue weighted by Gasteiger charge is -2.06. The van der Waals surface area contributed by atoms with E-state index in [2.05, 4.69) is 15.9 Å². The first kappa shape index (κ1) is 10.2. The Morgan fingerprint density at radius 3 is 2.85 bits per heavy atom. The lowest BCUT2D eigenvalue weighted by atomic mass is 10.2. The van der Waals surface area contributed by atoms with Crippen LogP contribution in [-0.2, 0) is 0 Å². The molecule has 70 valence electrons. The van der Waals surface area contributed by atoms with Gasteiger partial charge in [0.15, 0.2) is 6.29 Å². The first-order valence-corrected chi connectivity index (χ1v) is 4.55. The van der Waals surface area contributed by atoms with Crippen LogP contribution in [0.4, 0.5) is 4.39 Å². The Kier molecular flexibility index (Phi) is 3.42. The third kappa shape index (κ3) is 2.28. The van der Waals surface area contributed by atoms with Gasteiger partial charge in [-0.2, -0.15) is 0 Å². The van der Waals surface area contributed by atoms with E-state index in [0.717, 1.165) is 0 Å². The number of ether oxygens (including phenoxy) is 1. The molecule has 0 bridgehead atoms. The molecule has 0 spiro atoms. The summed E-state index contributed by atoms with van der Waals surface area (Å²) in [4.78, 5) is 10.3. The van der Waals surface area contributed by atoms with E-state index in [1.54, 1.807) is 6.92 Å². The van der Waals surface area contributed by atoms with Gasteiger partial charge < -0.3 is 4.74 Å². The molecule has 0 radical (unpaired) electrons. The summed E-state index contributed by atoms with van der Waals surface area (Å²) in [6, 6.07) is 2.59. The van der Waals surface area contributed by atoms with Gasteiger partial charge in [-0.25, -0.2) is 4.39 Å². The Hall–Kier alpha value is -0.900. The van der Waals surface area contributed by atoms with Crippen molar-refractivity contribution in [1.29, 1.82) is 0 Å². The second-order valence-electron chi connectivity index (χ2n) is 2.36. The average molecular weight is 247 g/mol. The normalized spacial score (nSPS) is 9.77. The summed E-state index contributed by atoms with van der Waals surface area (Å²) in [7, 11) is 0. The van der Waals surface area contributed by atoms with Gasteiger partial charge in [-0.05, 0) is 28.9 Å². The van der Waals surface area contributed by atoms with Gasteiger partial charge in [-0.15, -0.1) is 0 Å². The number of benzene rings is 1. The standard InChI is InChI=1S/C9H8BrFO2/c1-2-13-9-4-8(11)6(5-12)3-7(9)10/h3-5H,2H2,1H3. The number of hydrogen-bond acceptors (Lipinski definition) is 2. The second-order valence-corrected chi connectivity index (χ2v) is 3.21. The summed E-state index contributed by atoms with van der Waals surface area (Å²) in [5.74, 6) is -0.160. The topological polar surface area (TPSA) is 26.3 Å². The molecule has 0 N–H and O–H groups in total. The van der Waals surface area contributed by atoms with Gasteiger partial charge >= 0.3 is 0 Å². The Morgan fingerprint density at radius 1 is 1.62 bits per heavy atom. The van der Waals surface area contributed by atoms with Gasteiger partial charge in [0.25, 0.3) is 0 Å². The maximum Gasteiger partial charge on any atom is 0.153 e. The zero-order valence-electron chi connectivity index (χ0n) is 7.01. The monoisotopic (exact) mass is 246 g/mol. The van der Waals surface area contributed by atoms with Crippen molar-refractivity contribution < 1.29 is 13.9 Å². The molecule has 0 aliphatic carbocycles. The van der Waals surface area contributed by atoms with Crippen molar-refractivity contribution in [1.82, 2.24) is 0 Å². The van der Waals surface area contributed by atoms with Gasteiger partial charge in [0.05, 0.1) is 16.6 Å². The molecule has 0 saturated carbocycles. The quantitative estimate of drug-likeness (QED) is 0.767. The van der Waals surface area contributed by atoms with E-state index in [9.17, 15) is 9.18 Å². The van der Waals surface area contributed by atoms with Crippen molar-refractivity contribution in [3.8, 4) is 5.75 Å². The van der Waals surface area contributed by atoms with Crippen LogP contribution in [0.25, 0.3) is 0 Å². The largest absolute Gasteiger partial charge is 0.493 e. The van der Waals surface area contributed by atoms with Crippen LogP contribution in [0.1, 0.15) is 17.3 Å². The smallest absolute Gasteiger partial charge is 0.153 e. The molecule has 0 fully saturated rings. The average Bonchev–Trinajstić information content (AvgIpc) is 2.11. The first-order chi connectivity index (χ1) is 6.19. The zero-order valence-corrected chi connectivity index (χ0v) is 8.60. The molecule has 1 aromatic rings. The summed E-state index contributed by atoms with van der Waals surface area (Å²) in [6.45, 7) is 2.26. The van der Waals surface area contributed by atoms with Gasteiger partial charge in [0.2, 0.25) is 0 Å². The predicted molar refractivity (Wildman–Crippen MR) is 50.7 cm³/mol. The molecule has 0 saturated heterocycles. The van der Waals surface area contributed by atoms with E-state index in [1.807, 2.05) is 0 Å². The highest BCUT2D eigenvalue weighted by molar-refractivity contribution is 9.10. The van der Waals surface area contributed by atoms with Crippen molar-refractivity contribution >= 4 is 22.2 Å². The third-order valence-electron chi connectivity index (χ3n) is 1.48. The van der Waals surface area contributed by atoms with E-state index in [4.69, 9.17) is 4.74 Å². The van der Waals surface area contributed by atoms with Crippen LogP contribution >= 0.6 is 15.9 Å². The van der Waals surface area contributed by atoms with Gasteiger partial charge in [-0.3, -0.25) is 4.79 Å². The summed E-state index contributed by atoms with van der Waals surface area (Å²) in [5.41, 5.74) is 0.0235. The predicted octanol–water partition coefficient (Wildman–Crippen LogP) is 2.80. The lowest BCUT2D eigenvalue weighted by Crippen LogP contribution is -1.95. The van der Waals surface area contributed by atoms with Crippen molar-refractivity contribution in [3.05, 3.63) is 28.0 Å². The summed E-state index contributed by atoms with van der Waals surface area (Å²) >= 11 is 3.17. The molecule has 0 aromatic heterocycles. The number of halogens is 2. The molecule has 4 heteroatoms. The SMILES string of the molecule is CCOc1cc(F)c(C=O)cc1Br. The minimum absolute atomic E-state index is 0.0235. The van der Waals surface area contributed by atoms with Crippen molar-refractivity contribution in [2.24, 2.45) is 0 Å². The van der Waals surface area contributed by atoms with E-state index in [1.165, 1.54) is 12.1 Å². The van der Waals surface area contributed by atoms with Crippen LogP contribution < -0.4 is 4.74 Å². The molecular formula is C9H8BrFO2. The molecule has 0 aliphatic rings. The molecule has 0 aliphatic heterocycles. The Labute approximate surface area is 83.8 Å². The Morgan fingerprint density at radius 2 is 2.31 bits per heavy atom. The van der Waals surface area contributed by atoms with Crippen LogP contribution in [-0.4, -0.2) is 12.9 Å². The molecule has 2 nitrogen and oxygen atoms in total. The van der Waals surface area contributed by atoms with Gasteiger partial charge in [0, 0.05) is 6.07 Å². The summed E-state index contributed by atoms with van der Waals surface area (Å²) in [5, 5.41) is 0. The maximum absolute atomic E-state index is 13.0. The van der Waals surface area contributed by atoms with Crippen molar-refractivity contribution in [3.63, 3.8) is 0 Å². The van der Waals surface area contributed by atoms with E-state index >= 15 is 0 Å². The molecule has 1 aromatic carbocycles. The van der Waals surface area contributed by atoms with Crippen LogP contribution in [0.2, 0.25) is 0 Å². The second kappa shape index (κ2) is 4.37. The molecule has 0 amide bonds. The zero-order chi connectivity index (χ0) is 9.84. The fourth-order valence-corrected chi connectivity index (χ4v) is 1.38. The summed E-state index contributed by atoms with van der Waals surface area (Å²) < 4.78 is 18.7. The molecule has 13 heavy (non-hydrogen) atoms. The Bertz CT molecular complexity index is 326. The minimum atomic E-state index is -0.568. The minimum Gasteiger partial charge on any atom is -0.493 e. The highest BCUT2D eigenvalue weighted by atomic mass is 79.9. The fraction of sp³-hybridized carbons (Fsp3) is 0.222. The highest BCUT2D eigenvalue weighted by Crippen LogP contribution is 2.27. The molecular weight excluding hydrogens is 239 g/mol. The highest BCUT2D eigenvalue weighted by Gasteiger charge is 2.07. The van der Waals surface area contributed by atoms with Crippen LogP contribution in [0.15, 0.2) is 16.6 Å². The molecule has 0 heterocycles. The van der Waals surface area contributed by atoms with Gasteiger partial charge in [0.1, 0.15) is 11.6 Å². The Balaban J connectivity index is 3.12. The maximum atomic E-state index is 13.0. The van der Waals surface area contributed by atoms with Crippen LogP contribution in [0.3, 0.4) is 0 Å². The summed E-state index contributed by atoms with van der Waals surface area (Å²) in [6.07, 6.45) is 0.468. The van der Waals surface area contributed by atoms with Crippen molar-refractivity contribution in [2.75, 3.05) is 6.61 Å². The fourth-order valence-electron chi connectivity index (χ4n) is 0.900. The number of carbonyl (C=O) groups excluding carboxylic acids is 1. The third-order valence-corrected chi connectivity index (χ3v) is 2.10. The molecule has 1 rings (SSSR count).